The molecular weight excluding hydrogens is 224 g/mol. The molecule has 2 heteroatoms. The van der Waals surface area contributed by atoms with E-state index in [2.05, 4.69) is 12.2 Å². The zero-order valence-corrected chi connectivity index (χ0v) is 12.0. The van der Waals surface area contributed by atoms with E-state index in [1.807, 2.05) is 13.8 Å². The second kappa shape index (κ2) is 9.18. The molecule has 0 fully saturated rings. The number of carbonyl (C=O) groups is 1. The van der Waals surface area contributed by atoms with Crippen LogP contribution in [-0.4, -0.2) is 12.1 Å². The fourth-order valence-corrected chi connectivity index (χ4v) is 2.34. The Labute approximate surface area is 112 Å². The molecule has 0 aromatic rings. The maximum atomic E-state index is 11.4. The molecule has 0 radical (unpaired) electrons. The van der Waals surface area contributed by atoms with Crippen molar-refractivity contribution >= 4 is 5.97 Å². The van der Waals surface area contributed by atoms with Gasteiger partial charge in [-0.05, 0) is 51.4 Å². The standard InChI is InChI=1S/C16H28O2/c1-3-14(2)18-16(17)13-9-5-8-12-15-10-6-4-7-11-15/h6,10,14-15H,3-5,7-9,11-13H2,1-2H3/t14-,15+/m0/s1. The number of hydrogen-bond acceptors (Lipinski definition) is 2. The third-order valence-corrected chi connectivity index (χ3v) is 3.72. The topological polar surface area (TPSA) is 26.3 Å². The lowest BCUT2D eigenvalue weighted by molar-refractivity contribution is -0.148. The lowest BCUT2D eigenvalue weighted by Crippen LogP contribution is -2.13. The quantitative estimate of drug-likeness (QED) is 0.357. The predicted molar refractivity (Wildman–Crippen MR) is 75.4 cm³/mol. The molecule has 0 saturated heterocycles. The average molecular weight is 252 g/mol. The van der Waals surface area contributed by atoms with Gasteiger partial charge in [0.25, 0.3) is 0 Å². The van der Waals surface area contributed by atoms with Crippen molar-refractivity contribution in [3.8, 4) is 0 Å². The van der Waals surface area contributed by atoms with E-state index >= 15 is 0 Å². The summed E-state index contributed by atoms with van der Waals surface area (Å²) in [6.07, 6.45) is 14.9. The molecule has 0 saturated carbocycles. The molecule has 1 aliphatic carbocycles. The van der Waals surface area contributed by atoms with E-state index in [0.717, 1.165) is 25.2 Å². The van der Waals surface area contributed by atoms with Crippen molar-refractivity contribution in [2.75, 3.05) is 0 Å². The van der Waals surface area contributed by atoms with Crippen LogP contribution in [-0.2, 0) is 9.53 Å². The van der Waals surface area contributed by atoms with Crippen LogP contribution in [0.5, 0.6) is 0 Å². The highest BCUT2D eigenvalue weighted by Gasteiger charge is 2.09. The van der Waals surface area contributed by atoms with E-state index in [0.29, 0.717) is 6.42 Å². The van der Waals surface area contributed by atoms with Crippen molar-refractivity contribution < 1.29 is 9.53 Å². The van der Waals surface area contributed by atoms with Crippen molar-refractivity contribution in [1.82, 2.24) is 0 Å². The second-order valence-corrected chi connectivity index (χ2v) is 5.43. The maximum Gasteiger partial charge on any atom is 0.306 e. The summed E-state index contributed by atoms with van der Waals surface area (Å²) < 4.78 is 5.25. The number of esters is 1. The average Bonchev–Trinajstić information content (AvgIpc) is 2.39. The van der Waals surface area contributed by atoms with Gasteiger partial charge in [-0.25, -0.2) is 0 Å². The number of allylic oxidation sites excluding steroid dienone is 2. The zero-order valence-electron chi connectivity index (χ0n) is 12.0. The summed E-state index contributed by atoms with van der Waals surface area (Å²) in [5.74, 6) is 0.771. The third kappa shape index (κ3) is 6.83. The number of unbranched alkanes of at least 4 members (excludes halogenated alkanes) is 2. The van der Waals surface area contributed by atoms with Crippen molar-refractivity contribution in [3.05, 3.63) is 12.2 Å². The Bertz CT molecular complexity index is 258. The first kappa shape index (κ1) is 15.3. The van der Waals surface area contributed by atoms with Gasteiger partial charge in [0.1, 0.15) is 0 Å². The van der Waals surface area contributed by atoms with Crippen molar-refractivity contribution in [2.45, 2.75) is 77.7 Å². The molecule has 18 heavy (non-hydrogen) atoms. The van der Waals surface area contributed by atoms with Gasteiger partial charge < -0.3 is 4.74 Å². The largest absolute Gasteiger partial charge is 0.463 e. The Morgan fingerprint density at radius 3 is 2.89 bits per heavy atom. The molecule has 0 N–H and O–H groups in total. The van der Waals surface area contributed by atoms with Gasteiger partial charge in [-0.1, -0.05) is 31.9 Å². The van der Waals surface area contributed by atoms with E-state index in [-0.39, 0.29) is 12.1 Å². The minimum Gasteiger partial charge on any atom is -0.463 e. The lowest BCUT2D eigenvalue weighted by Gasteiger charge is -2.15. The molecule has 0 amide bonds. The second-order valence-electron chi connectivity index (χ2n) is 5.43. The van der Waals surface area contributed by atoms with Crippen LogP contribution in [0.2, 0.25) is 0 Å². The number of rotatable bonds is 8. The van der Waals surface area contributed by atoms with Crippen LogP contribution in [0.25, 0.3) is 0 Å². The summed E-state index contributed by atoms with van der Waals surface area (Å²) in [7, 11) is 0. The van der Waals surface area contributed by atoms with Crippen molar-refractivity contribution in [3.63, 3.8) is 0 Å². The zero-order chi connectivity index (χ0) is 13.2. The van der Waals surface area contributed by atoms with E-state index in [1.54, 1.807) is 0 Å². The summed E-state index contributed by atoms with van der Waals surface area (Å²) in [5.41, 5.74) is 0. The molecule has 2 nitrogen and oxygen atoms in total. The van der Waals surface area contributed by atoms with Crippen molar-refractivity contribution in [2.24, 2.45) is 5.92 Å². The first-order valence-electron chi connectivity index (χ1n) is 7.58. The number of hydrogen-bond donors (Lipinski definition) is 0. The fraction of sp³-hybridized carbons (Fsp3) is 0.812. The summed E-state index contributed by atoms with van der Waals surface area (Å²) >= 11 is 0. The Hall–Kier alpha value is -0.790. The smallest absolute Gasteiger partial charge is 0.306 e. The van der Waals surface area contributed by atoms with E-state index in [1.165, 1.54) is 32.1 Å². The van der Waals surface area contributed by atoms with Crippen LogP contribution in [0, 0.1) is 5.92 Å². The molecule has 0 unspecified atom stereocenters. The first-order chi connectivity index (χ1) is 8.72. The third-order valence-electron chi connectivity index (χ3n) is 3.72. The van der Waals surface area contributed by atoms with Crippen LogP contribution in [0.4, 0.5) is 0 Å². The SMILES string of the molecule is CC[C@H](C)OC(=O)CCCCC[C@@H]1C=CCCC1. The number of ether oxygens (including phenoxy) is 1. The molecule has 1 aliphatic rings. The molecular formula is C16H28O2. The summed E-state index contributed by atoms with van der Waals surface area (Å²) in [4.78, 5) is 11.4. The Morgan fingerprint density at radius 2 is 2.22 bits per heavy atom. The molecule has 0 aromatic carbocycles. The Balaban J connectivity index is 1.96. The fourth-order valence-electron chi connectivity index (χ4n) is 2.34. The van der Waals surface area contributed by atoms with Gasteiger partial charge in [0.2, 0.25) is 0 Å². The highest BCUT2D eigenvalue weighted by Crippen LogP contribution is 2.22. The first-order valence-corrected chi connectivity index (χ1v) is 7.58. The molecule has 1 rings (SSSR count). The lowest BCUT2D eigenvalue weighted by atomic mass is 9.91. The number of carbonyl (C=O) groups excluding carboxylic acids is 1. The van der Waals surface area contributed by atoms with Crippen LogP contribution in [0.1, 0.15) is 71.6 Å². The monoisotopic (exact) mass is 252 g/mol. The van der Waals surface area contributed by atoms with E-state index < -0.39 is 0 Å². The minimum absolute atomic E-state index is 0.0260. The highest BCUT2D eigenvalue weighted by atomic mass is 16.5. The minimum atomic E-state index is -0.0260. The van der Waals surface area contributed by atoms with Gasteiger partial charge in [-0.15, -0.1) is 0 Å². The predicted octanol–water partition coefficient (Wildman–Crippen LogP) is 4.63. The molecule has 0 bridgehead atoms. The molecule has 0 aliphatic heterocycles. The van der Waals surface area contributed by atoms with Gasteiger partial charge >= 0.3 is 5.97 Å². The molecule has 0 aromatic heterocycles. The van der Waals surface area contributed by atoms with Gasteiger partial charge in [0.15, 0.2) is 0 Å². The molecule has 0 spiro atoms. The maximum absolute atomic E-state index is 11.4. The van der Waals surface area contributed by atoms with Gasteiger partial charge in [-0.2, -0.15) is 0 Å². The summed E-state index contributed by atoms with van der Waals surface area (Å²) in [5, 5.41) is 0. The highest BCUT2D eigenvalue weighted by molar-refractivity contribution is 5.69. The van der Waals surface area contributed by atoms with Crippen molar-refractivity contribution in [1.29, 1.82) is 0 Å². The molecule has 104 valence electrons. The van der Waals surface area contributed by atoms with Gasteiger partial charge in [0.05, 0.1) is 6.10 Å². The van der Waals surface area contributed by atoms with E-state index in [9.17, 15) is 4.79 Å². The van der Waals surface area contributed by atoms with E-state index in [4.69, 9.17) is 4.74 Å². The molecule has 2 atom stereocenters. The van der Waals surface area contributed by atoms with Crippen LogP contribution >= 0.6 is 0 Å². The van der Waals surface area contributed by atoms with Crippen LogP contribution < -0.4 is 0 Å². The summed E-state index contributed by atoms with van der Waals surface area (Å²) in [6.45, 7) is 3.99. The van der Waals surface area contributed by atoms with Crippen LogP contribution in [0.15, 0.2) is 12.2 Å². The van der Waals surface area contributed by atoms with Crippen LogP contribution in [0.3, 0.4) is 0 Å². The Morgan fingerprint density at radius 1 is 1.39 bits per heavy atom. The molecule has 0 heterocycles. The van der Waals surface area contributed by atoms with Gasteiger partial charge in [-0.3, -0.25) is 4.79 Å². The normalized spacial score (nSPS) is 20.7. The van der Waals surface area contributed by atoms with Gasteiger partial charge in [0, 0.05) is 6.42 Å². The summed E-state index contributed by atoms with van der Waals surface area (Å²) in [6, 6.07) is 0. The Kier molecular flexibility index (Phi) is 7.79.